The van der Waals surface area contributed by atoms with Gasteiger partial charge in [0.25, 0.3) is 0 Å². The van der Waals surface area contributed by atoms with Gasteiger partial charge in [0, 0.05) is 32.8 Å². The molecule has 0 aromatic carbocycles. The highest BCUT2D eigenvalue weighted by atomic mass is 35.5. The molecule has 84 valence electrons. The van der Waals surface area contributed by atoms with Crippen molar-refractivity contribution in [1.29, 1.82) is 0 Å². The zero-order valence-corrected chi connectivity index (χ0v) is 10.2. The predicted molar refractivity (Wildman–Crippen MR) is 63.7 cm³/mol. The van der Waals surface area contributed by atoms with E-state index in [2.05, 4.69) is 16.0 Å². The van der Waals surface area contributed by atoms with Crippen molar-refractivity contribution >= 4 is 17.4 Å². The second-order valence-electron chi connectivity index (χ2n) is 3.53. The molecule has 0 unspecified atom stereocenters. The Morgan fingerprint density at radius 3 is 2.80 bits per heavy atom. The fourth-order valence-corrected chi connectivity index (χ4v) is 1.58. The van der Waals surface area contributed by atoms with Gasteiger partial charge in [0.2, 0.25) is 0 Å². The van der Waals surface area contributed by atoms with E-state index in [0.29, 0.717) is 12.5 Å². The summed E-state index contributed by atoms with van der Waals surface area (Å²) in [5, 5.41) is 0. The molecule has 0 aliphatic rings. The summed E-state index contributed by atoms with van der Waals surface area (Å²) >= 11 is 5.74. The van der Waals surface area contributed by atoms with Gasteiger partial charge in [-0.2, -0.15) is 0 Å². The van der Waals surface area contributed by atoms with Crippen LogP contribution in [0.2, 0.25) is 0 Å². The fraction of sp³-hybridized carbons (Fsp3) is 0.545. The summed E-state index contributed by atoms with van der Waals surface area (Å²) in [6.45, 7) is 3.58. The van der Waals surface area contributed by atoms with Crippen LogP contribution in [0.4, 0.5) is 5.82 Å². The van der Waals surface area contributed by atoms with Crippen molar-refractivity contribution in [2.24, 2.45) is 0 Å². The first-order chi connectivity index (χ1) is 7.19. The van der Waals surface area contributed by atoms with Crippen LogP contribution < -0.4 is 4.90 Å². The predicted octanol–water partition coefficient (Wildman–Crippen LogP) is 2.21. The van der Waals surface area contributed by atoms with Crippen LogP contribution in [-0.4, -0.2) is 32.3 Å². The lowest BCUT2D eigenvalue weighted by Crippen LogP contribution is -2.23. The van der Waals surface area contributed by atoms with Crippen molar-refractivity contribution in [3.63, 3.8) is 0 Å². The van der Waals surface area contributed by atoms with Gasteiger partial charge in [-0.3, -0.25) is 0 Å². The van der Waals surface area contributed by atoms with E-state index in [9.17, 15) is 0 Å². The molecule has 0 amide bonds. The Morgan fingerprint density at radius 2 is 2.27 bits per heavy atom. The Kier molecular flexibility index (Phi) is 4.85. The molecule has 3 nitrogen and oxygen atoms in total. The number of pyridine rings is 1. The topological polar surface area (TPSA) is 25.4 Å². The number of halogens is 1. The van der Waals surface area contributed by atoms with Crippen LogP contribution in [0.15, 0.2) is 12.3 Å². The molecule has 15 heavy (non-hydrogen) atoms. The molecule has 1 aromatic rings. The first kappa shape index (κ1) is 12.3. The molecular formula is C11H17ClN2O. The molecule has 0 fully saturated rings. The Labute approximate surface area is 96.0 Å². The molecule has 0 N–H and O–H groups in total. The number of likely N-dealkylation sites (N-methyl/N-ethyl adjacent to an activating group) is 1. The van der Waals surface area contributed by atoms with Gasteiger partial charge in [0.1, 0.15) is 5.82 Å². The van der Waals surface area contributed by atoms with Crippen LogP contribution in [-0.2, 0) is 10.6 Å². The third kappa shape index (κ3) is 3.36. The Bertz CT molecular complexity index is 317. The summed E-state index contributed by atoms with van der Waals surface area (Å²) in [7, 11) is 3.71. The van der Waals surface area contributed by atoms with Gasteiger partial charge in [-0.25, -0.2) is 4.98 Å². The lowest BCUT2D eigenvalue weighted by Gasteiger charge is -2.19. The second-order valence-corrected chi connectivity index (χ2v) is 3.80. The highest BCUT2D eigenvalue weighted by molar-refractivity contribution is 6.17. The molecule has 1 aromatic heterocycles. The minimum atomic E-state index is 0.510. The van der Waals surface area contributed by atoms with Crippen LogP contribution in [0.25, 0.3) is 0 Å². The maximum atomic E-state index is 5.74. The van der Waals surface area contributed by atoms with Crippen LogP contribution in [0, 0.1) is 6.92 Å². The first-order valence-electron chi connectivity index (χ1n) is 4.90. The van der Waals surface area contributed by atoms with E-state index >= 15 is 0 Å². The van der Waals surface area contributed by atoms with Gasteiger partial charge in [-0.05, 0) is 24.1 Å². The van der Waals surface area contributed by atoms with E-state index in [1.807, 2.05) is 20.2 Å². The number of rotatable bonds is 5. The van der Waals surface area contributed by atoms with Crippen LogP contribution in [0.5, 0.6) is 0 Å². The standard InChI is InChI=1S/C11H17ClN2O/c1-9-6-10(7-12)8-13-11(9)14(2)4-5-15-3/h6,8H,4-5,7H2,1-3H3. The highest BCUT2D eigenvalue weighted by Crippen LogP contribution is 2.17. The number of alkyl halides is 1. The van der Waals surface area contributed by atoms with E-state index in [1.54, 1.807) is 7.11 Å². The average molecular weight is 229 g/mol. The van der Waals surface area contributed by atoms with Crippen LogP contribution in [0.1, 0.15) is 11.1 Å². The largest absolute Gasteiger partial charge is 0.383 e. The van der Waals surface area contributed by atoms with Crippen LogP contribution >= 0.6 is 11.6 Å². The lowest BCUT2D eigenvalue weighted by molar-refractivity contribution is 0.206. The van der Waals surface area contributed by atoms with Crippen molar-refractivity contribution in [3.05, 3.63) is 23.4 Å². The van der Waals surface area contributed by atoms with Gasteiger partial charge in [0.05, 0.1) is 6.61 Å². The van der Waals surface area contributed by atoms with E-state index in [1.165, 1.54) is 0 Å². The number of aryl methyl sites for hydroxylation is 1. The molecule has 0 radical (unpaired) electrons. The lowest BCUT2D eigenvalue weighted by atomic mass is 10.2. The number of aromatic nitrogens is 1. The molecule has 0 aliphatic carbocycles. The molecule has 1 rings (SSSR count). The number of methoxy groups -OCH3 is 1. The van der Waals surface area contributed by atoms with Gasteiger partial charge in [-0.15, -0.1) is 11.6 Å². The number of ether oxygens (including phenoxy) is 1. The van der Waals surface area contributed by atoms with E-state index in [-0.39, 0.29) is 0 Å². The zero-order chi connectivity index (χ0) is 11.3. The summed E-state index contributed by atoms with van der Waals surface area (Å²) < 4.78 is 5.03. The molecule has 0 spiro atoms. The maximum absolute atomic E-state index is 5.74. The van der Waals surface area contributed by atoms with Gasteiger partial charge >= 0.3 is 0 Å². The third-order valence-corrected chi connectivity index (χ3v) is 2.56. The van der Waals surface area contributed by atoms with Crippen molar-refractivity contribution in [1.82, 2.24) is 4.98 Å². The normalized spacial score (nSPS) is 10.4. The molecule has 0 saturated carbocycles. The fourth-order valence-electron chi connectivity index (χ4n) is 1.43. The summed E-state index contributed by atoms with van der Waals surface area (Å²) in [5.41, 5.74) is 2.20. The molecular weight excluding hydrogens is 212 g/mol. The van der Waals surface area contributed by atoms with Crippen LogP contribution in [0.3, 0.4) is 0 Å². The first-order valence-corrected chi connectivity index (χ1v) is 5.44. The molecule has 0 aliphatic heterocycles. The molecule has 4 heteroatoms. The monoisotopic (exact) mass is 228 g/mol. The summed E-state index contributed by atoms with van der Waals surface area (Å²) in [4.78, 5) is 6.47. The van der Waals surface area contributed by atoms with E-state index in [4.69, 9.17) is 16.3 Å². The van der Waals surface area contributed by atoms with Crippen molar-refractivity contribution in [3.8, 4) is 0 Å². The molecule has 0 saturated heterocycles. The molecule has 0 atom stereocenters. The number of hydrogen-bond donors (Lipinski definition) is 0. The maximum Gasteiger partial charge on any atom is 0.131 e. The number of anilines is 1. The van der Waals surface area contributed by atoms with Crippen molar-refractivity contribution < 1.29 is 4.74 Å². The molecule has 0 bridgehead atoms. The van der Waals surface area contributed by atoms with Gasteiger partial charge < -0.3 is 9.64 Å². The van der Waals surface area contributed by atoms with E-state index < -0.39 is 0 Å². The highest BCUT2D eigenvalue weighted by Gasteiger charge is 2.06. The SMILES string of the molecule is COCCN(C)c1ncc(CCl)cc1C. The summed E-state index contributed by atoms with van der Waals surface area (Å²) in [6.07, 6.45) is 1.82. The zero-order valence-electron chi connectivity index (χ0n) is 9.46. The van der Waals surface area contributed by atoms with Gasteiger partial charge in [-0.1, -0.05) is 0 Å². The molecule has 1 heterocycles. The minimum absolute atomic E-state index is 0.510. The Morgan fingerprint density at radius 1 is 1.53 bits per heavy atom. The van der Waals surface area contributed by atoms with Crippen molar-refractivity contribution in [2.45, 2.75) is 12.8 Å². The minimum Gasteiger partial charge on any atom is -0.383 e. The Hall–Kier alpha value is -0.800. The third-order valence-electron chi connectivity index (χ3n) is 2.25. The number of nitrogens with zero attached hydrogens (tertiary/aromatic N) is 2. The second kappa shape index (κ2) is 5.93. The smallest absolute Gasteiger partial charge is 0.131 e. The average Bonchev–Trinajstić information content (AvgIpc) is 2.25. The van der Waals surface area contributed by atoms with Crippen molar-refractivity contribution in [2.75, 3.05) is 32.2 Å². The van der Waals surface area contributed by atoms with Gasteiger partial charge in [0.15, 0.2) is 0 Å². The quantitative estimate of drug-likeness (QED) is 0.723. The summed E-state index contributed by atoms with van der Waals surface area (Å²) in [5.74, 6) is 1.50. The summed E-state index contributed by atoms with van der Waals surface area (Å²) in [6, 6.07) is 2.07. The number of hydrogen-bond acceptors (Lipinski definition) is 3. The van der Waals surface area contributed by atoms with E-state index in [0.717, 1.165) is 23.5 Å². The Balaban J connectivity index is 2.76.